The molecule has 0 bridgehead atoms. The number of ether oxygens (including phenoxy) is 1. The second-order valence-electron chi connectivity index (χ2n) is 6.79. The van der Waals surface area contributed by atoms with Crippen LogP contribution in [0.25, 0.3) is 22.6 Å². The summed E-state index contributed by atoms with van der Waals surface area (Å²) < 4.78 is 24.9. The molecule has 3 heterocycles. The predicted octanol–water partition coefficient (Wildman–Crippen LogP) is 2.71. The summed E-state index contributed by atoms with van der Waals surface area (Å²) in [6.07, 6.45) is 0.445. The van der Waals surface area contributed by atoms with Crippen molar-refractivity contribution in [3.05, 3.63) is 48.2 Å². The van der Waals surface area contributed by atoms with Crippen molar-refractivity contribution in [3.8, 4) is 22.6 Å². The van der Waals surface area contributed by atoms with Crippen molar-refractivity contribution >= 4 is 17.7 Å². The minimum Gasteiger partial charge on any atom is -0.442 e. The standard InChI is InChI=1S/C20H18FN5O4/c1-11(27)22-9-15-10-26(20(28)29-15)14-4-5-16(17(21)7-14)13-3-6-18(23-8-13)19-24-12(2)30-25-19/h3-8,15H,9-10H2,1-2H3,(H,22,27)/t15-/m0/s1. The van der Waals surface area contributed by atoms with Gasteiger partial charge in [0.1, 0.15) is 17.6 Å². The van der Waals surface area contributed by atoms with Crippen LogP contribution in [0.4, 0.5) is 14.9 Å². The summed E-state index contributed by atoms with van der Waals surface area (Å²) in [6.45, 7) is 3.49. The summed E-state index contributed by atoms with van der Waals surface area (Å²) >= 11 is 0. The number of cyclic esters (lactones) is 1. The van der Waals surface area contributed by atoms with Gasteiger partial charge in [0.05, 0.1) is 18.8 Å². The van der Waals surface area contributed by atoms with Crippen molar-refractivity contribution in [1.82, 2.24) is 20.4 Å². The molecule has 1 saturated heterocycles. The van der Waals surface area contributed by atoms with Gasteiger partial charge in [0.2, 0.25) is 17.6 Å². The van der Waals surface area contributed by atoms with Crippen LogP contribution in [0.15, 0.2) is 41.1 Å². The van der Waals surface area contributed by atoms with Crippen LogP contribution in [-0.2, 0) is 9.53 Å². The molecule has 4 rings (SSSR count). The fraction of sp³-hybridized carbons (Fsp3) is 0.250. The van der Waals surface area contributed by atoms with E-state index in [1.165, 1.54) is 24.1 Å². The normalized spacial score (nSPS) is 15.9. The van der Waals surface area contributed by atoms with E-state index in [1.807, 2.05) is 0 Å². The molecule has 1 aliphatic rings. The Hall–Kier alpha value is -3.82. The van der Waals surface area contributed by atoms with E-state index >= 15 is 0 Å². The van der Waals surface area contributed by atoms with Gasteiger partial charge >= 0.3 is 6.09 Å². The highest BCUT2D eigenvalue weighted by molar-refractivity contribution is 5.90. The zero-order chi connectivity index (χ0) is 21.3. The van der Waals surface area contributed by atoms with Gasteiger partial charge in [-0.05, 0) is 24.3 Å². The van der Waals surface area contributed by atoms with Crippen molar-refractivity contribution in [2.75, 3.05) is 18.0 Å². The summed E-state index contributed by atoms with van der Waals surface area (Å²) in [6, 6.07) is 7.87. The molecule has 1 fully saturated rings. The molecule has 1 atom stereocenters. The Morgan fingerprint density at radius 3 is 2.80 bits per heavy atom. The van der Waals surface area contributed by atoms with Gasteiger partial charge in [-0.2, -0.15) is 4.98 Å². The molecule has 9 nitrogen and oxygen atoms in total. The molecule has 30 heavy (non-hydrogen) atoms. The third kappa shape index (κ3) is 3.97. The van der Waals surface area contributed by atoms with E-state index in [1.54, 1.807) is 31.2 Å². The average molecular weight is 411 g/mol. The summed E-state index contributed by atoms with van der Waals surface area (Å²) in [5, 5.41) is 6.40. The predicted molar refractivity (Wildman–Crippen MR) is 104 cm³/mol. The van der Waals surface area contributed by atoms with Gasteiger partial charge in [-0.15, -0.1) is 0 Å². The maximum atomic E-state index is 14.8. The van der Waals surface area contributed by atoms with Crippen molar-refractivity contribution in [2.45, 2.75) is 20.0 Å². The largest absolute Gasteiger partial charge is 0.442 e. The maximum absolute atomic E-state index is 14.8. The topological polar surface area (TPSA) is 110 Å². The lowest BCUT2D eigenvalue weighted by atomic mass is 10.1. The molecular formula is C20H18FN5O4. The molecule has 0 radical (unpaired) electrons. The molecule has 1 N–H and O–H groups in total. The number of aryl methyl sites for hydroxylation is 1. The molecule has 154 valence electrons. The van der Waals surface area contributed by atoms with Gasteiger partial charge in [-0.25, -0.2) is 9.18 Å². The van der Waals surface area contributed by atoms with E-state index in [0.717, 1.165) is 0 Å². The second-order valence-corrected chi connectivity index (χ2v) is 6.79. The SMILES string of the molecule is CC(=O)NC[C@H]1CN(c2ccc(-c3ccc(-c4noc(C)n4)nc3)c(F)c2)C(=O)O1. The number of anilines is 1. The highest BCUT2D eigenvalue weighted by Crippen LogP contribution is 2.29. The molecular weight excluding hydrogens is 393 g/mol. The number of carbonyl (C=O) groups excluding carboxylic acids is 2. The Balaban J connectivity index is 1.51. The number of aromatic nitrogens is 3. The molecule has 1 aromatic carbocycles. The van der Waals surface area contributed by atoms with Crippen LogP contribution in [-0.4, -0.2) is 46.3 Å². The highest BCUT2D eigenvalue weighted by Gasteiger charge is 2.32. The number of nitrogens with zero attached hydrogens (tertiary/aromatic N) is 4. The van der Waals surface area contributed by atoms with E-state index in [2.05, 4.69) is 20.4 Å². The van der Waals surface area contributed by atoms with Gasteiger partial charge in [0.15, 0.2) is 0 Å². The van der Waals surface area contributed by atoms with Gasteiger partial charge < -0.3 is 14.6 Å². The monoisotopic (exact) mass is 411 g/mol. The minimum atomic E-state index is -0.584. The Labute approximate surface area is 170 Å². The fourth-order valence-corrected chi connectivity index (χ4v) is 3.09. The van der Waals surface area contributed by atoms with Crippen LogP contribution < -0.4 is 10.2 Å². The highest BCUT2D eigenvalue weighted by atomic mass is 19.1. The van der Waals surface area contributed by atoms with Crippen molar-refractivity contribution < 1.29 is 23.2 Å². The van der Waals surface area contributed by atoms with Crippen LogP contribution in [0.5, 0.6) is 0 Å². The number of benzene rings is 1. The van der Waals surface area contributed by atoms with E-state index < -0.39 is 18.0 Å². The third-order valence-electron chi connectivity index (χ3n) is 4.55. The van der Waals surface area contributed by atoms with Gasteiger partial charge in [0, 0.05) is 31.2 Å². The van der Waals surface area contributed by atoms with E-state index in [-0.39, 0.29) is 19.0 Å². The number of amides is 2. The van der Waals surface area contributed by atoms with Gasteiger partial charge in [-0.3, -0.25) is 14.7 Å². The lowest BCUT2D eigenvalue weighted by Gasteiger charge is -2.14. The van der Waals surface area contributed by atoms with E-state index in [9.17, 15) is 14.0 Å². The fourth-order valence-electron chi connectivity index (χ4n) is 3.09. The Kier molecular flexibility index (Phi) is 5.13. The summed E-state index contributed by atoms with van der Waals surface area (Å²) in [5.74, 6) is 0.0676. The van der Waals surface area contributed by atoms with Gasteiger partial charge in [-0.1, -0.05) is 11.2 Å². The quantitative estimate of drug-likeness (QED) is 0.687. The first-order chi connectivity index (χ1) is 14.4. The number of carbonyl (C=O) groups is 2. The Bertz CT molecular complexity index is 1100. The number of nitrogens with one attached hydrogen (secondary N) is 1. The zero-order valence-corrected chi connectivity index (χ0v) is 16.3. The molecule has 10 heteroatoms. The molecule has 2 amide bonds. The smallest absolute Gasteiger partial charge is 0.414 e. The Morgan fingerprint density at radius 2 is 2.17 bits per heavy atom. The van der Waals surface area contributed by atoms with Crippen molar-refractivity contribution in [1.29, 1.82) is 0 Å². The van der Waals surface area contributed by atoms with Crippen LogP contribution in [0, 0.1) is 12.7 Å². The van der Waals surface area contributed by atoms with Crippen LogP contribution in [0.1, 0.15) is 12.8 Å². The molecule has 0 aliphatic carbocycles. The molecule has 0 saturated carbocycles. The van der Waals surface area contributed by atoms with E-state index in [4.69, 9.17) is 9.26 Å². The molecule has 0 spiro atoms. The number of hydrogen-bond acceptors (Lipinski definition) is 7. The lowest BCUT2D eigenvalue weighted by Crippen LogP contribution is -2.33. The second kappa shape index (κ2) is 7.90. The number of pyridine rings is 1. The molecule has 3 aromatic rings. The Morgan fingerprint density at radius 1 is 1.33 bits per heavy atom. The van der Waals surface area contributed by atoms with E-state index in [0.29, 0.717) is 34.2 Å². The van der Waals surface area contributed by atoms with Crippen LogP contribution in [0.3, 0.4) is 0 Å². The summed E-state index contributed by atoms with van der Waals surface area (Å²) in [4.78, 5) is 32.8. The zero-order valence-electron chi connectivity index (χ0n) is 16.3. The number of hydrogen-bond donors (Lipinski definition) is 1. The number of halogens is 1. The lowest BCUT2D eigenvalue weighted by molar-refractivity contribution is -0.119. The third-order valence-corrected chi connectivity index (χ3v) is 4.55. The van der Waals surface area contributed by atoms with Crippen LogP contribution >= 0.6 is 0 Å². The average Bonchev–Trinajstić information content (AvgIpc) is 3.32. The van der Waals surface area contributed by atoms with Gasteiger partial charge in [0.25, 0.3) is 0 Å². The van der Waals surface area contributed by atoms with Crippen molar-refractivity contribution in [3.63, 3.8) is 0 Å². The maximum Gasteiger partial charge on any atom is 0.414 e. The van der Waals surface area contributed by atoms with Crippen molar-refractivity contribution in [2.24, 2.45) is 0 Å². The summed E-state index contributed by atoms with van der Waals surface area (Å²) in [5.41, 5.74) is 1.79. The molecule has 2 aromatic heterocycles. The first-order valence-electron chi connectivity index (χ1n) is 9.20. The first-order valence-corrected chi connectivity index (χ1v) is 9.20. The molecule has 0 unspecified atom stereocenters. The number of rotatable bonds is 5. The summed E-state index contributed by atoms with van der Waals surface area (Å²) in [7, 11) is 0. The molecule has 1 aliphatic heterocycles. The van der Waals surface area contributed by atoms with Crippen LogP contribution in [0.2, 0.25) is 0 Å². The first kappa shape index (κ1) is 19.5. The minimum absolute atomic E-state index is 0.204.